The molecule has 1 heterocycles. The van der Waals surface area contributed by atoms with Crippen molar-refractivity contribution in [3.63, 3.8) is 0 Å². The monoisotopic (exact) mass is 388 g/mol. The van der Waals surface area contributed by atoms with Crippen molar-refractivity contribution in [2.75, 3.05) is 6.61 Å². The fraction of sp³-hybridized carbons (Fsp3) is 0.381. The van der Waals surface area contributed by atoms with Gasteiger partial charge in [-0.1, -0.05) is 31.2 Å². The Bertz CT molecular complexity index is 820. The van der Waals surface area contributed by atoms with Crippen molar-refractivity contribution >= 4 is 5.78 Å². The summed E-state index contributed by atoms with van der Waals surface area (Å²) in [5.41, 5.74) is 1.08. The van der Waals surface area contributed by atoms with Gasteiger partial charge in [-0.15, -0.1) is 0 Å². The number of aliphatic hydroxyl groups excluding tert-OH is 4. The number of benzene rings is 2. The van der Waals surface area contributed by atoms with Crippen LogP contribution in [-0.4, -0.2) is 57.2 Å². The zero-order valence-corrected chi connectivity index (χ0v) is 15.4. The largest absolute Gasteiger partial charge is 0.457 e. The molecule has 1 saturated heterocycles. The Kier molecular flexibility index (Phi) is 6.43. The van der Waals surface area contributed by atoms with Crippen LogP contribution in [0.4, 0.5) is 0 Å². The number of carbonyl (C=O) groups is 1. The Morgan fingerprint density at radius 1 is 1.00 bits per heavy atom. The van der Waals surface area contributed by atoms with E-state index in [-0.39, 0.29) is 5.78 Å². The van der Waals surface area contributed by atoms with Crippen molar-refractivity contribution in [2.45, 2.75) is 43.9 Å². The van der Waals surface area contributed by atoms with Crippen LogP contribution in [0.5, 0.6) is 11.5 Å². The van der Waals surface area contributed by atoms with Gasteiger partial charge in [0.15, 0.2) is 5.78 Å². The van der Waals surface area contributed by atoms with Gasteiger partial charge in [-0.05, 0) is 29.8 Å². The summed E-state index contributed by atoms with van der Waals surface area (Å²) in [6.07, 6.45) is -5.74. The number of ether oxygens (including phenoxy) is 2. The highest BCUT2D eigenvalue weighted by molar-refractivity contribution is 5.96. The molecular weight excluding hydrogens is 364 g/mol. The van der Waals surface area contributed by atoms with Crippen molar-refractivity contribution in [3.8, 4) is 11.5 Å². The van der Waals surface area contributed by atoms with Crippen LogP contribution >= 0.6 is 0 Å². The quantitative estimate of drug-likeness (QED) is 0.555. The van der Waals surface area contributed by atoms with Gasteiger partial charge in [0.25, 0.3) is 0 Å². The molecule has 7 heteroatoms. The second-order valence-electron chi connectivity index (χ2n) is 6.73. The van der Waals surface area contributed by atoms with Gasteiger partial charge >= 0.3 is 0 Å². The van der Waals surface area contributed by atoms with E-state index in [0.717, 1.165) is 0 Å². The highest BCUT2D eigenvalue weighted by Gasteiger charge is 2.43. The lowest BCUT2D eigenvalue weighted by atomic mass is 9.91. The Balaban J connectivity index is 1.82. The summed E-state index contributed by atoms with van der Waals surface area (Å²) in [6, 6.07) is 13.6. The first-order valence-corrected chi connectivity index (χ1v) is 9.16. The predicted octanol–water partition coefficient (Wildman–Crippen LogP) is 1.59. The molecule has 4 N–H and O–H groups in total. The first-order valence-electron chi connectivity index (χ1n) is 9.16. The second-order valence-corrected chi connectivity index (χ2v) is 6.73. The number of hydrogen-bond acceptors (Lipinski definition) is 7. The second kappa shape index (κ2) is 8.81. The van der Waals surface area contributed by atoms with Gasteiger partial charge < -0.3 is 29.9 Å². The van der Waals surface area contributed by atoms with Crippen LogP contribution in [0.2, 0.25) is 0 Å². The standard InChI is InChI=1S/C21H24O7/c1-2-16(23)12-5-3-7-14(9-12)27-15-8-4-6-13(10-15)21-20(26)19(25)18(24)17(11-22)28-21/h3-10,17-22,24-26H,2,11H2,1H3/t17-,18-,19+,20+,21-/m1/s1. The maximum absolute atomic E-state index is 11.9. The van der Waals surface area contributed by atoms with Gasteiger partial charge in [0.05, 0.1) is 6.61 Å². The summed E-state index contributed by atoms with van der Waals surface area (Å²) < 4.78 is 11.4. The number of aliphatic hydroxyl groups is 4. The molecule has 2 aromatic rings. The molecule has 1 fully saturated rings. The molecule has 0 aliphatic carbocycles. The molecule has 7 nitrogen and oxygen atoms in total. The summed E-state index contributed by atoms with van der Waals surface area (Å²) in [4.78, 5) is 11.9. The van der Waals surface area contributed by atoms with E-state index in [1.807, 2.05) is 0 Å². The van der Waals surface area contributed by atoms with Crippen molar-refractivity contribution in [3.05, 3.63) is 59.7 Å². The Morgan fingerprint density at radius 2 is 1.68 bits per heavy atom. The van der Waals surface area contributed by atoms with Gasteiger partial charge in [-0.2, -0.15) is 0 Å². The van der Waals surface area contributed by atoms with Gasteiger partial charge in [0.1, 0.15) is 42.0 Å². The molecule has 1 aliphatic heterocycles. The maximum atomic E-state index is 11.9. The number of ketones is 1. The molecule has 2 aromatic carbocycles. The number of hydrogen-bond donors (Lipinski definition) is 4. The average Bonchev–Trinajstić information content (AvgIpc) is 2.72. The van der Waals surface area contributed by atoms with Crippen LogP contribution in [0.25, 0.3) is 0 Å². The third-order valence-electron chi connectivity index (χ3n) is 4.79. The van der Waals surface area contributed by atoms with Crippen molar-refractivity contribution in [1.29, 1.82) is 0 Å². The summed E-state index contributed by atoms with van der Waals surface area (Å²) in [5.74, 6) is 0.960. The van der Waals surface area contributed by atoms with E-state index in [0.29, 0.717) is 29.0 Å². The zero-order valence-electron chi connectivity index (χ0n) is 15.4. The highest BCUT2D eigenvalue weighted by atomic mass is 16.5. The minimum absolute atomic E-state index is 0.0144. The van der Waals surface area contributed by atoms with Crippen molar-refractivity contribution < 1.29 is 34.7 Å². The summed E-state index contributed by atoms with van der Waals surface area (Å²) in [6.45, 7) is 1.30. The van der Waals surface area contributed by atoms with Crippen LogP contribution in [-0.2, 0) is 4.74 Å². The fourth-order valence-corrected chi connectivity index (χ4v) is 3.21. The number of carbonyl (C=O) groups excluding carboxylic acids is 1. The van der Waals surface area contributed by atoms with Crippen molar-refractivity contribution in [1.82, 2.24) is 0 Å². The first kappa shape index (κ1) is 20.4. The van der Waals surface area contributed by atoms with E-state index in [4.69, 9.17) is 9.47 Å². The lowest BCUT2D eigenvalue weighted by molar-refractivity contribution is -0.231. The van der Waals surface area contributed by atoms with E-state index >= 15 is 0 Å². The molecule has 0 amide bonds. The highest BCUT2D eigenvalue weighted by Crippen LogP contribution is 2.34. The van der Waals surface area contributed by atoms with Gasteiger partial charge in [0.2, 0.25) is 0 Å². The minimum atomic E-state index is -1.45. The third-order valence-corrected chi connectivity index (χ3v) is 4.79. The molecule has 0 spiro atoms. The van der Waals surface area contributed by atoms with Crippen LogP contribution < -0.4 is 4.74 Å². The maximum Gasteiger partial charge on any atom is 0.162 e. The van der Waals surface area contributed by atoms with Crippen LogP contribution in [0, 0.1) is 0 Å². The topological polar surface area (TPSA) is 116 Å². The molecule has 5 atom stereocenters. The molecule has 0 unspecified atom stereocenters. The number of rotatable bonds is 6. The molecule has 0 aromatic heterocycles. The van der Waals surface area contributed by atoms with Crippen molar-refractivity contribution in [2.24, 2.45) is 0 Å². The van der Waals surface area contributed by atoms with Gasteiger partial charge in [0, 0.05) is 12.0 Å². The zero-order chi connectivity index (χ0) is 20.3. The van der Waals surface area contributed by atoms with Gasteiger partial charge in [-0.25, -0.2) is 0 Å². The molecule has 28 heavy (non-hydrogen) atoms. The smallest absolute Gasteiger partial charge is 0.162 e. The normalized spacial score (nSPS) is 27.4. The molecule has 0 bridgehead atoms. The van der Waals surface area contributed by atoms with Gasteiger partial charge in [-0.3, -0.25) is 4.79 Å². The Morgan fingerprint density at radius 3 is 2.36 bits per heavy atom. The lowest BCUT2D eigenvalue weighted by Crippen LogP contribution is -2.55. The average molecular weight is 388 g/mol. The fourth-order valence-electron chi connectivity index (χ4n) is 3.21. The molecule has 0 radical (unpaired) electrons. The van der Waals surface area contributed by atoms with E-state index < -0.39 is 37.1 Å². The summed E-state index contributed by atoms with van der Waals surface area (Å²) in [7, 11) is 0. The van der Waals surface area contributed by atoms with Crippen LogP contribution in [0.1, 0.15) is 35.4 Å². The van der Waals surface area contributed by atoms with E-state index in [1.165, 1.54) is 0 Å². The Hall–Kier alpha value is -2.29. The Labute approximate surface area is 162 Å². The predicted molar refractivity (Wildman–Crippen MR) is 100 cm³/mol. The molecule has 0 saturated carbocycles. The minimum Gasteiger partial charge on any atom is -0.457 e. The number of Topliss-reactive ketones (excluding diaryl/α,β-unsaturated/α-hetero) is 1. The molecule has 150 valence electrons. The lowest BCUT2D eigenvalue weighted by Gasteiger charge is -2.40. The molecule has 3 rings (SSSR count). The van der Waals surface area contributed by atoms with E-state index in [1.54, 1.807) is 55.5 Å². The summed E-state index contributed by atoms with van der Waals surface area (Å²) in [5, 5.41) is 39.5. The third kappa shape index (κ3) is 4.24. The van der Waals surface area contributed by atoms with E-state index in [9.17, 15) is 25.2 Å². The van der Waals surface area contributed by atoms with E-state index in [2.05, 4.69) is 0 Å². The SMILES string of the molecule is CCC(=O)c1cccc(Oc2cccc([C@H]3O[C@H](CO)[C@@H](O)[C@H](O)[C@@H]3O)c2)c1. The molecular formula is C21H24O7. The first-order chi connectivity index (χ1) is 13.4. The summed E-state index contributed by atoms with van der Waals surface area (Å²) >= 11 is 0. The van der Waals surface area contributed by atoms with Crippen LogP contribution in [0.3, 0.4) is 0 Å². The van der Waals surface area contributed by atoms with Crippen LogP contribution in [0.15, 0.2) is 48.5 Å². The molecule has 1 aliphatic rings.